The van der Waals surface area contributed by atoms with Gasteiger partial charge in [0.1, 0.15) is 0 Å². The van der Waals surface area contributed by atoms with E-state index < -0.39 is 6.04 Å². The second kappa shape index (κ2) is 8.87. The number of urea groups is 1. The summed E-state index contributed by atoms with van der Waals surface area (Å²) in [7, 11) is 0. The molecule has 0 aromatic carbocycles. The number of piperazine rings is 1. The monoisotopic (exact) mass is 298 g/mol. The molecule has 1 aliphatic heterocycles. The molecule has 0 unspecified atom stereocenters. The van der Waals surface area contributed by atoms with Crippen LogP contribution in [-0.2, 0) is 4.79 Å². The predicted octanol–water partition coefficient (Wildman–Crippen LogP) is 1.01. The van der Waals surface area contributed by atoms with Crippen molar-refractivity contribution < 1.29 is 9.59 Å². The summed E-state index contributed by atoms with van der Waals surface area (Å²) in [5.41, 5.74) is 5.99. The number of carbonyl (C=O) groups is 2. The van der Waals surface area contributed by atoms with Crippen molar-refractivity contribution in [3.05, 3.63) is 0 Å². The van der Waals surface area contributed by atoms with Crippen molar-refractivity contribution in [2.45, 2.75) is 46.1 Å². The number of hydrogen-bond donors (Lipinski definition) is 2. The fourth-order valence-corrected chi connectivity index (χ4v) is 2.32. The Labute approximate surface area is 128 Å². The molecule has 0 spiro atoms. The predicted molar refractivity (Wildman–Crippen MR) is 83.9 cm³/mol. The van der Waals surface area contributed by atoms with Crippen molar-refractivity contribution >= 4 is 11.9 Å². The molecule has 6 heteroatoms. The van der Waals surface area contributed by atoms with Gasteiger partial charge < -0.3 is 20.9 Å². The summed E-state index contributed by atoms with van der Waals surface area (Å²) in [5.74, 6) is 0.197. The molecule has 0 radical (unpaired) electrons. The van der Waals surface area contributed by atoms with E-state index in [-0.39, 0.29) is 17.9 Å². The highest BCUT2D eigenvalue weighted by Crippen LogP contribution is 2.11. The van der Waals surface area contributed by atoms with Crippen LogP contribution in [0.2, 0.25) is 0 Å². The van der Waals surface area contributed by atoms with Crippen LogP contribution in [0.1, 0.15) is 40.0 Å². The van der Waals surface area contributed by atoms with Gasteiger partial charge >= 0.3 is 6.03 Å². The van der Waals surface area contributed by atoms with Crippen LogP contribution in [-0.4, -0.2) is 60.5 Å². The molecular formula is C15H30N4O2. The summed E-state index contributed by atoms with van der Waals surface area (Å²) in [6.45, 7) is 9.16. The summed E-state index contributed by atoms with van der Waals surface area (Å²) >= 11 is 0. The topological polar surface area (TPSA) is 78.7 Å². The molecule has 0 aromatic rings. The van der Waals surface area contributed by atoms with E-state index in [9.17, 15) is 9.59 Å². The van der Waals surface area contributed by atoms with Crippen molar-refractivity contribution in [2.75, 3.05) is 32.7 Å². The molecule has 1 rings (SSSR count). The number of nitrogens with two attached hydrogens (primary N) is 1. The van der Waals surface area contributed by atoms with Gasteiger partial charge in [-0.1, -0.05) is 33.6 Å². The SMILES string of the molecule is CCCCNC(=O)N1CCN(C(=O)[C@H](N)[C@@H](C)CC)CC1. The fraction of sp³-hybridized carbons (Fsp3) is 0.867. The van der Waals surface area contributed by atoms with E-state index in [4.69, 9.17) is 5.73 Å². The van der Waals surface area contributed by atoms with Crippen molar-refractivity contribution in [2.24, 2.45) is 11.7 Å². The first kappa shape index (κ1) is 17.8. The van der Waals surface area contributed by atoms with E-state index in [1.165, 1.54) is 0 Å². The standard InChI is InChI=1S/C15H30N4O2/c1-4-6-7-17-15(21)19-10-8-18(9-11-19)14(20)13(16)12(3)5-2/h12-13H,4-11,16H2,1-3H3,(H,17,21)/t12-,13+/m0/s1. The summed E-state index contributed by atoms with van der Waals surface area (Å²) < 4.78 is 0. The van der Waals surface area contributed by atoms with E-state index in [1.807, 2.05) is 13.8 Å². The van der Waals surface area contributed by atoms with Crippen molar-refractivity contribution in [3.8, 4) is 0 Å². The molecule has 0 saturated carbocycles. The van der Waals surface area contributed by atoms with Crippen LogP contribution in [0.4, 0.5) is 4.79 Å². The molecule has 0 aliphatic carbocycles. The Kier molecular flexibility index (Phi) is 7.50. The van der Waals surface area contributed by atoms with Crippen LogP contribution in [0.5, 0.6) is 0 Å². The second-order valence-corrected chi connectivity index (χ2v) is 5.81. The first-order valence-corrected chi connectivity index (χ1v) is 8.08. The average Bonchev–Trinajstić information content (AvgIpc) is 2.52. The smallest absolute Gasteiger partial charge is 0.317 e. The number of nitrogens with one attached hydrogen (secondary N) is 1. The van der Waals surface area contributed by atoms with Gasteiger partial charge in [0.2, 0.25) is 5.91 Å². The van der Waals surface area contributed by atoms with Gasteiger partial charge in [-0.2, -0.15) is 0 Å². The Morgan fingerprint density at radius 2 is 1.71 bits per heavy atom. The molecule has 3 N–H and O–H groups in total. The maximum atomic E-state index is 12.3. The summed E-state index contributed by atoms with van der Waals surface area (Å²) in [6.07, 6.45) is 2.96. The first-order valence-electron chi connectivity index (χ1n) is 8.08. The lowest BCUT2D eigenvalue weighted by Gasteiger charge is -2.36. The minimum Gasteiger partial charge on any atom is -0.338 e. The van der Waals surface area contributed by atoms with E-state index in [0.717, 1.165) is 19.3 Å². The molecule has 2 atom stereocenters. The third-order valence-electron chi connectivity index (χ3n) is 4.23. The maximum Gasteiger partial charge on any atom is 0.317 e. The molecule has 0 aromatic heterocycles. The Morgan fingerprint density at radius 3 is 2.24 bits per heavy atom. The van der Waals surface area contributed by atoms with Crippen molar-refractivity contribution in [1.82, 2.24) is 15.1 Å². The number of amides is 3. The highest BCUT2D eigenvalue weighted by molar-refractivity contribution is 5.82. The average molecular weight is 298 g/mol. The molecular weight excluding hydrogens is 268 g/mol. The number of carbonyl (C=O) groups excluding carboxylic acids is 2. The minimum absolute atomic E-state index is 0.00962. The molecule has 21 heavy (non-hydrogen) atoms. The van der Waals surface area contributed by atoms with Crippen LogP contribution in [0.3, 0.4) is 0 Å². The normalized spacial score (nSPS) is 18.3. The Bertz CT molecular complexity index is 341. The van der Waals surface area contributed by atoms with Crippen LogP contribution < -0.4 is 11.1 Å². The lowest BCUT2D eigenvalue weighted by molar-refractivity contribution is -0.135. The highest BCUT2D eigenvalue weighted by atomic mass is 16.2. The molecule has 122 valence electrons. The Morgan fingerprint density at radius 1 is 1.14 bits per heavy atom. The third-order valence-corrected chi connectivity index (χ3v) is 4.23. The molecule has 1 heterocycles. The molecule has 1 saturated heterocycles. The Balaban J connectivity index is 2.37. The number of nitrogens with zero attached hydrogens (tertiary/aromatic N) is 2. The fourth-order valence-electron chi connectivity index (χ4n) is 2.32. The summed E-state index contributed by atoms with van der Waals surface area (Å²) in [5, 5.41) is 2.91. The lowest BCUT2D eigenvalue weighted by Crippen LogP contribution is -2.56. The van der Waals surface area contributed by atoms with Gasteiger partial charge in [0, 0.05) is 32.7 Å². The van der Waals surface area contributed by atoms with Crippen molar-refractivity contribution in [3.63, 3.8) is 0 Å². The van der Waals surface area contributed by atoms with Crippen LogP contribution in [0.25, 0.3) is 0 Å². The zero-order valence-electron chi connectivity index (χ0n) is 13.6. The lowest BCUT2D eigenvalue weighted by atomic mass is 9.98. The molecule has 1 aliphatic rings. The minimum atomic E-state index is -0.431. The van der Waals surface area contributed by atoms with Gasteiger partial charge in [-0.15, -0.1) is 0 Å². The zero-order chi connectivity index (χ0) is 15.8. The number of unbranched alkanes of at least 4 members (excludes halogenated alkanes) is 1. The van der Waals surface area contributed by atoms with E-state index in [1.54, 1.807) is 9.80 Å². The van der Waals surface area contributed by atoms with E-state index in [2.05, 4.69) is 12.2 Å². The van der Waals surface area contributed by atoms with Gasteiger partial charge in [-0.3, -0.25) is 4.79 Å². The van der Waals surface area contributed by atoms with Gasteiger partial charge in [0.05, 0.1) is 6.04 Å². The van der Waals surface area contributed by atoms with Crippen LogP contribution in [0, 0.1) is 5.92 Å². The Hall–Kier alpha value is -1.30. The number of rotatable bonds is 6. The largest absolute Gasteiger partial charge is 0.338 e. The quantitative estimate of drug-likeness (QED) is 0.718. The highest BCUT2D eigenvalue weighted by Gasteiger charge is 2.28. The van der Waals surface area contributed by atoms with Gasteiger partial charge in [0.15, 0.2) is 0 Å². The molecule has 0 bridgehead atoms. The van der Waals surface area contributed by atoms with Gasteiger partial charge in [0.25, 0.3) is 0 Å². The molecule has 1 fully saturated rings. The molecule has 6 nitrogen and oxygen atoms in total. The van der Waals surface area contributed by atoms with Crippen LogP contribution in [0.15, 0.2) is 0 Å². The van der Waals surface area contributed by atoms with Gasteiger partial charge in [-0.25, -0.2) is 4.79 Å². The summed E-state index contributed by atoms with van der Waals surface area (Å²) in [4.78, 5) is 27.7. The third kappa shape index (κ3) is 5.19. The first-order chi connectivity index (χ1) is 10.0. The maximum absolute atomic E-state index is 12.3. The van der Waals surface area contributed by atoms with E-state index in [0.29, 0.717) is 32.7 Å². The van der Waals surface area contributed by atoms with Gasteiger partial charge in [-0.05, 0) is 12.3 Å². The molecule has 3 amide bonds. The second-order valence-electron chi connectivity index (χ2n) is 5.81. The zero-order valence-corrected chi connectivity index (χ0v) is 13.6. The van der Waals surface area contributed by atoms with E-state index >= 15 is 0 Å². The van der Waals surface area contributed by atoms with Crippen molar-refractivity contribution in [1.29, 1.82) is 0 Å². The van der Waals surface area contributed by atoms with Crippen LogP contribution >= 0.6 is 0 Å². The summed E-state index contributed by atoms with van der Waals surface area (Å²) in [6, 6.07) is -0.457. The number of hydrogen-bond acceptors (Lipinski definition) is 3.